The standard InChI is InChI=1S/C24H30O2S/c1-23-9-7-17(25)14-16(23)5-6-19-20(23)8-10-24(2)21(19)13-15(22(24)26)12-18-4-3-11-27-18/h3-5,11-12,17,19-21,25H,6-10,13-14H2,1-2H3/b15-12+/t17-,19-,20+,21+,23-,24-/m0/s1. The smallest absolute Gasteiger partial charge is 0.165 e. The maximum atomic E-state index is 13.4. The van der Waals surface area contributed by atoms with E-state index in [0.29, 0.717) is 23.5 Å². The van der Waals surface area contributed by atoms with Crippen molar-refractivity contribution in [3.8, 4) is 0 Å². The molecule has 0 aromatic carbocycles. The van der Waals surface area contributed by atoms with E-state index in [9.17, 15) is 9.90 Å². The van der Waals surface area contributed by atoms with Gasteiger partial charge in [0, 0.05) is 10.3 Å². The lowest BCUT2D eigenvalue weighted by molar-refractivity contribution is -0.130. The molecule has 27 heavy (non-hydrogen) atoms. The van der Waals surface area contributed by atoms with E-state index in [4.69, 9.17) is 0 Å². The van der Waals surface area contributed by atoms with E-state index >= 15 is 0 Å². The van der Waals surface area contributed by atoms with E-state index in [-0.39, 0.29) is 16.9 Å². The number of ketones is 1. The third-order valence-corrected chi connectivity index (χ3v) is 9.40. The van der Waals surface area contributed by atoms with E-state index in [1.807, 2.05) is 0 Å². The molecule has 3 heteroatoms. The highest BCUT2D eigenvalue weighted by Crippen LogP contribution is 2.64. The highest BCUT2D eigenvalue weighted by Gasteiger charge is 2.59. The maximum absolute atomic E-state index is 13.4. The third kappa shape index (κ3) is 2.57. The topological polar surface area (TPSA) is 37.3 Å². The van der Waals surface area contributed by atoms with Gasteiger partial charge in [-0.3, -0.25) is 4.79 Å². The molecule has 1 aromatic rings. The van der Waals surface area contributed by atoms with E-state index in [1.165, 1.54) is 16.9 Å². The largest absolute Gasteiger partial charge is 0.393 e. The molecular weight excluding hydrogens is 352 g/mol. The molecule has 3 saturated carbocycles. The zero-order chi connectivity index (χ0) is 18.8. The van der Waals surface area contributed by atoms with Gasteiger partial charge in [0.25, 0.3) is 0 Å². The maximum Gasteiger partial charge on any atom is 0.165 e. The number of fused-ring (bicyclic) bond motifs is 5. The van der Waals surface area contributed by atoms with Crippen LogP contribution in [0.3, 0.4) is 0 Å². The number of hydrogen-bond acceptors (Lipinski definition) is 3. The number of Topliss-reactive ketones (excluding diaryl/α,β-unsaturated/α-hetero) is 1. The molecule has 1 N–H and O–H groups in total. The van der Waals surface area contributed by atoms with E-state index in [2.05, 4.69) is 43.5 Å². The summed E-state index contributed by atoms with van der Waals surface area (Å²) in [5.74, 6) is 2.19. The summed E-state index contributed by atoms with van der Waals surface area (Å²) >= 11 is 1.72. The Bertz CT molecular complexity index is 819. The molecule has 1 aromatic heterocycles. The van der Waals surface area contributed by atoms with Crippen molar-refractivity contribution in [1.29, 1.82) is 0 Å². The molecule has 0 amide bonds. The minimum atomic E-state index is -0.167. The first-order valence-electron chi connectivity index (χ1n) is 10.6. The van der Waals surface area contributed by atoms with Gasteiger partial charge < -0.3 is 5.11 Å². The summed E-state index contributed by atoms with van der Waals surface area (Å²) in [6.07, 6.45) is 11.6. The second-order valence-corrected chi connectivity index (χ2v) is 10.8. The molecule has 3 fully saturated rings. The summed E-state index contributed by atoms with van der Waals surface area (Å²) < 4.78 is 0. The number of thiophene rings is 1. The Kier molecular flexibility index (Phi) is 4.07. The van der Waals surface area contributed by atoms with Gasteiger partial charge in [0.2, 0.25) is 0 Å². The molecular formula is C24H30O2S. The zero-order valence-electron chi connectivity index (χ0n) is 16.4. The summed E-state index contributed by atoms with van der Waals surface area (Å²) in [6, 6.07) is 4.18. The Labute approximate surface area is 166 Å². The second-order valence-electron chi connectivity index (χ2n) is 9.83. The van der Waals surface area contributed by atoms with Crippen LogP contribution in [0.4, 0.5) is 0 Å². The Morgan fingerprint density at radius 3 is 2.74 bits per heavy atom. The van der Waals surface area contributed by atoms with Crippen molar-refractivity contribution in [1.82, 2.24) is 0 Å². The molecule has 5 rings (SSSR count). The summed E-state index contributed by atoms with van der Waals surface area (Å²) in [4.78, 5) is 14.6. The van der Waals surface area contributed by atoms with Gasteiger partial charge in [-0.1, -0.05) is 31.6 Å². The Morgan fingerprint density at radius 2 is 1.96 bits per heavy atom. The Hall–Kier alpha value is -1.19. The molecule has 0 saturated heterocycles. The first-order chi connectivity index (χ1) is 12.9. The first-order valence-corrected chi connectivity index (χ1v) is 11.5. The number of aliphatic hydroxyl groups excluding tert-OH is 1. The minimum Gasteiger partial charge on any atom is -0.393 e. The Morgan fingerprint density at radius 1 is 1.15 bits per heavy atom. The zero-order valence-corrected chi connectivity index (χ0v) is 17.2. The second kappa shape index (κ2) is 6.15. The molecule has 6 atom stereocenters. The van der Waals surface area contributed by atoms with Crippen molar-refractivity contribution in [2.24, 2.45) is 28.6 Å². The van der Waals surface area contributed by atoms with Gasteiger partial charge in [0.15, 0.2) is 5.78 Å². The predicted octanol–water partition coefficient (Wildman–Crippen LogP) is 5.63. The van der Waals surface area contributed by atoms with Crippen molar-refractivity contribution in [3.63, 3.8) is 0 Å². The van der Waals surface area contributed by atoms with Gasteiger partial charge in [-0.15, -0.1) is 11.3 Å². The minimum absolute atomic E-state index is 0.150. The van der Waals surface area contributed by atoms with Crippen molar-refractivity contribution in [2.45, 2.75) is 64.9 Å². The van der Waals surface area contributed by atoms with E-state index in [1.54, 1.807) is 11.3 Å². The van der Waals surface area contributed by atoms with Crippen molar-refractivity contribution < 1.29 is 9.90 Å². The lowest BCUT2D eigenvalue weighted by Gasteiger charge is -2.56. The first kappa shape index (κ1) is 17.9. The van der Waals surface area contributed by atoms with Gasteiger partial charge in [-0.2, -0.15) is 0 Å². The molecule has 0 radical (unpaired) electrons. The average molecular weight is 383 g/mol. The van der Waals surface area contributed by atoms with Gasteiger partial charge in [0.05, 0.1) is 6.10 Å². The predicted molar refractivity (Wildman–Crippen MR) is 110 cm³/mol. The highest BCUT2D eigenvalue weighted by atomic mass is 32.1. The SMILES string of the molecule is C[C@]12CC[C@H](O)CC1=CC[C@H]1[C@H]2CC[C@]2(C)C(=O)/C(=C/c3cccs3)C[C@H]12. The summed E-state index contributed by atoms with van der Waals surface area (Å²) in [7, 11) is 0. The van der Waals surface area contributed by atoms with Crippen LogP contribution < -0.4 is 0 Å². The van der Waals surface area contributed by atoms with Crippen molar-refractivity contribution in [3.05, 3.63) is 39.6 Å². The number of carbonyl (C=O) groups is 1. The van der Waals surface area contributed by atoms with Crippen LogP contribution in [0.25, 0.3) is 6.08 Å². The highest BCUT2D eigenvalue weighted by molar-refractivity contribution is 7.10. The fourth-order valence-corrected chi connectivity index (χ4v) is 7.67. The fraction of sp³-hybridized carbons (Fsp3) is 0.625. The molecule has 2 nitrogen and oxygen atoms in total. The van der Waals surface area contributed by atoms with Crippen LogP contribution in [0.2, 0.25) is 0 Å². The number of hydrogen-bond donors (Lipinski definition) is 1. The van der Waals surface area contributed by atoms with Crippen LogP contribution in [0.1, 0.15) is 63.7 Å². The molecule has 1 heterocycles. The molecule has 144 valence electrons. The molecule has 0 spiro atoms. The average Bonchev–Trinajstić information content (AvgIpc) is 3.24. The normalized spacial score (nSPS) is 45.2. The number of rotatable bonds is 1. The van der Waals surface area contributed by atoms with Crippen LogP contribution >= 0.6 is 11.3 Å². The van der Waals surface area contributed by atoms with Crippen LogP contribution in [-0.2, 0) is 4.79 Å². The fourth-order valence-electron chi connectivity index (χ4n) is 6.99. The lowest BCUT2D eigenvalue weighted by Crippen LogP contribution is -2.50. The molecule has 4 aliphatic carbocycles. The van der Waals surface area contributed by atoms with E-state index in [0.717, 1.165) is 44.1 Å². The van der Waals surface area contributed by atoms with Crippen molar-refractivity contribution >= 4 is 23.2 Å². The van der Waals surface area contributed by atoms with E-state index < -0.39 is 0 Å². The number of aliphatic hydroxyl groups is 1. The Balaban J connectivity index is 1.49. The third-order valence-electron chi connectivity index (χ3n) is 8.58. The number of carbonyl (C=O) groups excluding carboxylic acids is 1. The van der Waals surface area contributed by atoms with Crippen LogP contribution in [0, 0.1) is 28.6 Å². The monoisotopic (exact) mass is 382 g/mol. The van der Waals surface area contributed by atoms with Gasteiger partial charge in [0.1, 0.15) is 0 Å². The van der Waals surface area contributed by atoms with Crippen LogP contribution in [0.5, 0.6) is 0 Å². The molecule has 0 bridgehead atoms. The lowest BCUT2D eigenvalue weighted by atomic mass is 9.48. The quantitative estimate of drug-likeness (QED) is 0.504. The molecule has 4 aliphatic rings. The number of allylic oxidation sites excluding steroid dienone is 2. The molecule has 0 unspecified atom stereocenters. The summed E-state index contributed by atoms with van der Waals surface area (Å²) in [6.45, 7) is 4.70. The van der Waals surface area contributed by atoms with Gasteiger partial charge >= 0.3 is 0 Å². The van der Waals surface area contributed by atoms with Gasteiger partial charge in [-0.25, -0.2) is 0 Å². The summed E-state index contributed by atoms with van der Waals surface area (Å²) in [5.41, 5.74) is 2.64. The van der Waals surface area contributed by atoms with Crippen molar-refractivity contribution in [2.75, 3.05) is 0 Å². The van der Waals surface area contributed by atoms with Crippen LogP contribution in [-0.4, -0.2) is 17.0 Å². The summed E-state index contributed by atoms with van der Waals surface area (Å²) in [5, 5.41) is 12.2. The van der Waals surface area contributed by atoms with Crippen LogP contribution in [0.15, 0.2) is 34.7 Å². The molecule has 0 aliphatic heterocycles. The van der Waals surface area contributed by atoms with Gasteiger partial charge in [-0.05, 0) is 91.2 Å².